The summed E-state index contributed by atoms with van der Waals surface area (Å²) in [4.78, 5) is 24.3. The number of aryl methyl sites for hydroxylation is 1. The maximum atomic E-state index is 14.2. The molecule has 0 saturated carbocycles. The second kappa shape index (κ2) is 15.9. The Morgan fingerprint density at radius 1 is 1.21 bits per heavy atom. The van der Waals surface area contributed by atoms with Gasteiger partial charge in [-0.15, -0.1) is 0 Å². The predicted molar refractivity (Wildman–Crippen MR) is 145 cm³/mol. The summed E-state index contributed by atoms with van der Waals surface area (Å²) in [6, 6.07) is 12.1. The number of aliphatic hydroxyl groups excluding tert-OH is 1. The van der Waals surface area contributed by atoms with Crippen LogP contribution in [0.5, 0.6) is 5.75 Å². The zero-order chi connectivity index (χ0) is 28.1. The number of rotatable bonds is 6. The number of nitrogens with zero attached hydrogens (tertiary/aromatic N) is 1. The molecular weight excluding hydrogens is 489 g/mol. The molecule has 0 radical (unpaired) electrons. The van der Waals surface area contributed by atoms with Crippen molar-refractivity contribution in [1.82, 2.24) is 4.90 Å². The normalized spacial score (nSPS) is 20.1. The number of halogens is 1. The molecule has 1 aliphatic rings. The van der Waals surface area contributed by atoms with Crippen molar-refractivity contribution >= 4 is 12.0 Å². The first kappa shape index (κ1) is 31.1. The predicted octanol–water partition coefficient (Wildman–Crippen LogP) is 4.09. The highest BCUT2D eigenvalue weighted by atomic mass is 19.1. The van der Waals surface area contributed by atoms with Crippen molar-refractivity contribution in [1.29, 1.82) is 0 Å². The van der Waals surface area contributed by atoms with Gasteiger partial charge in [0.15, 0.2) is 0 Å². The molecule has 210 valence electrons. The van der Waals surface area contributed by atoms with Gasteiger partial charge in [-0.25, -0.2) is 9.18 Å². The molecule has 0 spiro atoms. The molecule has 1 aliphatic heterocycles. The molecule has 3 rings (SSSR count). The number of fused-ring (bicyclic) bond motifs is 2. The number of benzene rings is 2. The third kappa shape index (κ3) is 10.7. The Bertz CT molecular complexity index is 1040. The van der Waals surface area contributed by atoms with E-state index in [4.69, 9.17) is 10.5 Å². The molecule has 3 atom stereocenters. The van der Waals surface area contributed by atoms with Gasteiger partial charge in [-0.2, -0.15) is 0 Å². The second-order valence-corrected chi connectivity index (χ2v) is 9.62. The van der Waals surface area contributed by atoms with Crippen LogP contribution in [0.4, 0.5) is 9.18 Å². The number of hydrogen-bond donors (Lipinski definition) is 3. The van der Waals surface area contributed by atoms with Crippen molar-refractivity contribution < 1.29 is 28.6 Å². The summed E-state index contributed by atoms with van der Waals surface area (Å²) in [5.74, 6) is 0.0277. The molecule has 38 heavy (non-hydrogen) atoms. The fourth-order valence-electron chi connectivity index (χ4n) is 4.33. The molecule has 2 amide bonds. The first-order chi connectivity index (χ1) is 18.1. The average Bonchev–Trinajstić information content (AvgIpc) is 2.89. The van der Waals surface area contributed by atoms with Crippen LogP contribution in [0.3, 0.4) is 0 Å². The van der Waals surface area contributed by atoms with E-state index in [0.717, 1.165) is 31.2 Å². The maximum absolute atomic E-state index is 14.2. The first-order valence-corrected chi connectivity index (χ1v) is 13.2. The van der Waals surface area contributed by atoms with E-state index in [9.17, 15) is 19.1 Å². The van der Waals surface area contributed by atoms with E-state index < -0.39 is 18.2 Å². The third-order valence-corrected chi connectivity index (χ3v) is 6.49. The van der Waals surface area contributed by atoms with Gasteiger partial charge in [-0.3, -0.25) is 4.79 Å². The van der Waals surface area contributed by atoms with E-state index in [1.165, 1.54) is 24.8 Å². The van der Waals surface area contributed by atoms with Crippen LogP contribution in [0, 0.1) is 5.82 Å². The molecule has 2 aromatic carbocycles. The van der Waals surface area contributed by atoms with Crippen molar-refractivity contribution in [3.63, 3.8) is 0 Å². The molecule has 0 saturated heterocycles. The molecule has 2 unspecified atom stereocenters. The number of hydrogen-bond acceptors (Lipinski definition) is 6. The van der Waals surface area contributed by atoms with Crippen LogP contribution in [0.2, 0.25) is 0 Å². The Balaban J connectivity index is 0.000000926. The summed E-state index contributed by atoms with van der Waals surface area (Å²) in [5.41, 5.74) is 13.6. The number of methoxy groups -OCH3 is 1. The lowest BCUT2D eigenvalue weighted by molar-refractivity contribution is -0.134. The van der Waals surface area contributed by atoms with Crippen LogP contribution in [-0.4, -0.2) is 53.9 Å². The van der Waals surface area contributed by atoms with Gasteiger partial charge in [0.2, 0.25) is 5.91 Å². The van der Waals surface area contributed by atoms with Gasteiger partial charge in [0.05, 0.1) is 19.3 Å². The van der Waals surface area contributed by atoms with Crippen LogP contribution in [0.25, 0.3) is 0 Å². The van der Waals surface area contributed by atoms with E-state index in [2.05, 4.69) is 36.5 Å². The zero-order valence-corrected chi connectivity index (χ0v) is 22.7. The SMILES string of the molecule is CCCCC1CCC(=O)N(Cc2cccc(CC)c2)CC(O)[C@@H](N)Cc2cc(F)cc(c2)O1.COC(N)=O. The van der Waals surface area contributed by atoms with E-state index in [1.807, 2.05) is 12.1 Å². The molecule has 2 bridgehead atoms. The molecule has 0 aromatic heterocycles. The van der Waals surface area contributed by atoms with Crippen LogP contribution >= 0.6 is 0 Å². The summed E-state index contributed by atoms with van der Waals surface area (Å²) in [7, 11) is 1.22. The number of amides is 2. The number of ether oxygens (including phenoxy) is 2. The minimum atomic E-state index is -0.924. The Morgan fingerprint density at radius 3 is 2.58 bits per heavy atom. The van der Waals surface area contributed by atoms with Crippen LogP contribution in [0.1, 0.15) is 62.6 Å². The lowest BCUT2D eigenvalue weighted by Crippen LogP contribution is -2.46. The van der Waals surface area contributed by atoms with Gasteiger partial charge in [0.25, 0.3) is 0 Å². The molecule has 8 nitrogen and oxygen atoms in total. The van der Waals surface area contributed by atoms with E-state index in [1.54, 1.807) is 11.0 Å². The maximum Gasteiger partial charge on any atom is 0.404 e. The summed E-state index contributed by atoms with van der Waals surface area (Å²) < 4.78 is 24.3. The topological polar surface area (TPSA) is 128 Å². The number of unbranched alkanes of at least 4 members (excludes halogenated alkanes) is 1. The van der Waals surface area contributed by atoms with Crippen molar-refractivity contribution in [2.24, 2.45) is 11.5 Å². The lowest BCUT2D eigenvalue weighted by atomic mass is 10.0. The molecule has 9 heteroatoms. The minimum absolute atomic E-state index is 0.0367. The summed E-state index contributed by atoms with van der Waals surface area (Å²) in [6.45, 7) is 4.76. The molecule has 1 heterocycles. The Hall–Kier alpha value is -3.17. The molecule has 0 fully saturated rings. The number of aliphatic hydroxyl groups is 1. The van der Waals surface area contributed by atoms with Crippen molar-refractivity contribution in [2.75, 3.05) is 13.7 Å². The molecular formula is C29H42FN3O5. The zero-order valence-electron chi connectivity index (χ0n) is 22.7. The quantitative estimate of drug-likeness (QED) is 0.515. The summed E-state index contributed by atoms with van der Waals surface area (Å²) in [5, 5.41) is 10.8. The van der Waals surface area contributed by atoms with Gasteiger partial charge in [-0.1, -0.05) is 51.0 Å². The smallest absolute Gasteiger partial charge is 0.404 e. The first-order valence-electron chi connectivity index (χ1n) is 13.2. The number of carbonyl (C=O) groups excluding carboxylic acids is 2. The monoisotopic (exact) mass is 531 g/mol. The number of β-amino-alcohol motifs (C(OH)–C–C–N with tert-alkyl or cyclic N) is 1. The lowest BCUT2D eigenvalue weighted by Gasteiger charge is -2.29. The fourth-order valence-corrected chi connectivity index (χ4v) is 4.33. The summed E-state index contributed by atoms with van der Waals surface area (Å²) in [6.07, 6.45) is 3.00. The number of nitrogens with two attached hydrogens (primary N) is 2. The fraction of sp³-hybridized carbons (Fsp3) is 0.517. The average molecular weight is 532 g/mol. The van der Waals surface area contributed by atoms with Gasteiger partial charge < -0.3 is 30.9 Å². The molecule has 5 N–H and O–H groups in total. The summed E-state index contributed by atoms with van der Waals surface area (Å²) >= 11 is 0. The van der Waals surface area contributed by atoms with E-state index in [-0.39, 0.29) is 24.4 Å². The van der Waals surface area contributed by atoms with Crippen molar-refractivity contribution in [3.05, 3.63) is 65.0 Å². The van der Waals surface area contributed by atoms with Gasteiger partial charge in [0.1, 0.15) is 11.6 Å². The van der Waals surface area contributed by atoms with Gasteiger partial charge in [-0.05, 0) is 54.5 Å². The highest BCUT2D eigenvalue weighted by molar-refractivity contribution is 5.76. The Kier molecular flexibility index (Phi) is 13.0. The standard InChI is InChI=1S/C27H37FN2O3.C2H5NO2/c1-3-5-9-23-10-11-27(32)30(17-20-8-6-7-19(4-2)12-20)18-26(31)25(29)15-21-13-22(28)16-24(14-21)33-23;1-5-2(3)4/h6-8,12-14,16,23,25-26,31H,3-5,9-11,15,17-18,29H2,1-2H3;1H3,(H2,3,4)/t23?,25-,26?;/m0./s1. The Morgan fingerprint density at radius 2 is 1.92 bits per heavy atom. The number of primary amides is 1. The highest BCUT2D eigenvalue weighted by Gasteiger charge is 2.25. The van der Waals surface area contributed by atoms with Crippen LogP contribution in [0.15, 0.2) is 42.5 Å². The van der Waals surface area contributed by atoms with Gasteiger partial charge in [0, 0.05) is 31.6 Å². The van der Waals surface area contributed by atoms with E-state index in [0.29, 0.717) is 37.1 Å². The van der Waals surface area contributed by atoms with Gasteiger partial charge >= 0.3 is 6.09 Å². The van der Waals surface area contributed by atoms with Crippen molar-refractivity contribution in [3.8, 4) is 5.75 Å². The molecule has 2 aromatic rings. The van der Waals surface area contributed by atoms with Crippen LogP contribution in [-0.2, 0) is 28.9 Å². The minimum Gasteiger partial charge on any atom is -0.490 e. The largest absolute Gasteiger partial charge is 0.490 e. The third-order valence-electron chi connectivity index (χ3n) is 6.49. The second-order valence-electron chi connectivity index (χ2n) is 9.62. The molecule has 0 aliphatic carbocycles. The highest BCUT2D eigenvalue weighted by Crippen LogP contribution is 2.24. The number of carbonyl (C=O) groups is 2. The van der Waals surface area contributed by atoms with E-state index >= 15 is 0 Å². The van der Waals surface area contributed by atoms with Crippen molar-refractivity contribution in [2.45, 2.75) is 83.6 Å². The Labute approximate surface area is 225 Å². The van der Waals surface area contributed by atoms with Crippen LogP contribution < -0.4 is 16.2 Å².